The van der Waals surface area contributed by atoms with E-state index in [-0.39, 0.29) is 589 Å². The quantitative estimate of drug-likeness (QED) is 0.320. The molecule has 0 aliphatic heterocycles. The largest absolute Gasteiger partial charge is 0 e. The molecule has 0 aliphatic rings. The van der Waals surface area contributed by atoms with Gasteiger partial charge in [-0.25, -0.2) is 0 Å². The topological polar surface area (TPSA) is 0 Å². The van der Waals surface area contributed by atoms with Crippen LogP contribution in [0.15, 0.2) is 0 Å². The summed E-state index contributed by atoms with van der Waals surface area (Å²) in [6.45, 7) is 0. The third-order valence-electron chi connectivity index (χ3n) is 0. The van der Waals surface area contributed by atoms with E-state index < -0.39 is 0 Å². The van der Waals surface area contributed by atoms with Crippen LogP contribution in [-0.4, -0.2) is 0 Å². The zero-order valence-electron chi connectivity index (χ0n) is 10.4. The maximum absolute atomic E-state index is 0. The number of rotatable bonds is 0. The molecule has 0 aliphatic carbocycles. The summed E-state index contributed by atoms with van der Waals surface area (Å²) in [4.78, 5) is 0. The maximum Gasteiger partial charge on any atom is 0 e. The molecular weight excluding hydrogens is 1600 g/mol. The third-order valence-corrected chi connectivity index (χ3v) is 0. The summed E-state index contributed by atoms with van der Waals surface area (Å²) >= 11 is 0. The Morgan fingerprint density at radius 3 is 0.0556 bits per heavy atom. The van der Waals surface area contributed by atoms with Gasteiger partial charge in [-0.1, -0.05) is 0 Å². The minimum atomic E-state index is 0. The van der Waals surface area contributed by atoms with Crippen LogP contribution in [-0.2, 0) is 589 Å². The predicted molar refractivity (Wildman–Crippen MR) is 0 cm³/mol. The second-order valence-electron chi connectivity index (χ2n) is 0. The van der Waals surface area contributed by atoms with Crippen LogP contribution in [0.5, 0.6) is 0 Å². The Bertz CT molecular complexity index is 0. The van der Waals surface area contributed by atoms with Crippen molar-refractivity contribution in [2.75, 3.05) is 0 Å². The molecule has 0 aromatic rings. The molecule has 0 fully saturated rings. The second-order valence-corrected chi connectivity index (χ2v) is 0. The molecule has 18 heavy (non-hydrogen) atoms. The van der Waals surface area contributed by atoms with Crippen molar-refractivity contribution in [3.05, 3.63) is 0 Å². The van der Waals surface area contributed by atoms with Gasteiger partial charge in [-0.2, -0.15) is 0 Å². The molecule has 18 radical (unpaired) electrons. The van der Waals surface area contributed by atoms with Gasteiger partial charge in [0.1, 0.15) is 0 Å². The molecule has 0 heterocycles. The van der Waals surface area contributed by atoms with Gasteiger partial charge < -0.3 is 0 Å². The van der Waals surface area contributed by atoms with E-state index >= 15 is 0 Å². The van der Waals surface area contributed by atoms with Crippen molar-refractivity contribution >= 4 is 0 Å². The molecular formula is Y18. The van der Waals surface area contributed by atoms with Crippen LogP contribution < -0.4 is 0 Å². The van der Waals surface area contributed by atoms with E-state index in [1.165, 1.54) is 0 Å². The molecule has 0 aromatic carbocycles. The SMILES string of the molecule is [Y].[Y].[Y].[Y].[Y].[Y].[Y].[Y].[Y].[Y].[Y].[Y].[Y].[Y].[Y].[Y].[Y].[Y]. The summed E-state index contributed by atoms with van der Waals surface area (Å²) in [5.41, 5.74) is 0. The predicted octanol–water partition coefficient (Wildman–Crippen LogP) is -0.0450. The first-order valence-electron chi connectivity index (χ1n) is 0. The van der Waals surface area contributed by atoms with Gasteiger partial charge in [0.2, 0.25) is 0 Å². The number of hydrogen-bond acceptors (Lipinski definition) is 0. The van der Waals surface area contributed by atoms with Gasteiger partial charge in [0.05, 0.1) is 0 Å². The summed E-state index contributed by atoms with van der Waals surface area (Å²) in [5.74, 6) is 0. The summed E-state index contributed by atoms with van der Waals surface area (Å²) in [6, 6.07) is 0. The van der Waals surface area contributed by atoms with Crippen LogP contribution in [0.4, 0.5) is 0 Å². The Labute approximate surface area is 566 Å². The average molecular weight is 1600 g/mol. The third kappa shape index (κ3) is 110. The zero-order valence-corrected chi connectivity index (χ0v) is 61.5. The van der Waals surface area contributed by atoms with Gasteiger partial charge in [-0.05, 0) is 0 Å². The first kappa shape index (κ1) is 130. The van der Waals surface area contributed by atoms with Crippen molar-refractivity contribution in [3.63, 3.8) is 0 Å². The van der Waals surface area contributed by atoms with Crippen LogP contribution in [0.2, 0.25) is 0 Å². The number of hydrogen-bond donors (Lipinski definition) is 0. The van der Waals surface area contributed by atoms with Crippen molar-refractivity contribution in [2.24, 2.45) is 0 Å². The molecule has 0 aromatic heterocycles. The Morgan fingerprint density at radius 1 is 0.0556 bits per heavy atom. The van der Waals surface area contributed by atoms with E-state index in [2.05, 4.69) is 0 Å². The van der Waals surface area contributed by atoms with Crippen molar-refractivity contribution in [2.45, 2.75) is 0 Å². The molecule has 54 valence electrons. The van der Waals surface area contributed by atoms with E-state index in [9.17, 15) is 0 Å². The Balaban J connectivity index is 0. The van der Waals surface area contributed by atoms with Crippen LogP contribution in [0.25, 0.3) is 0 Å². The minimum Gasteiger partial charge on any atom is 0 e. The van der Waals surface area contributed by atoms with Crippen LogP contribution in [0.3, 0.4) is 0 Å². The Kier molecular flexibility index (Phi) is 870. The van der Waals surface area contributed by atoms with Crippen LogP contribution >= 0.6 is 0 Å². The van der Waals surface area contributed by atoms with Crippen LogP contribution in [0, 0.1) is 0 Å². The monoisotopic (exact) mass is 1600 g/mol. The second kappa shape index (κ2) is 120. The standard InChI is InChI=1S/18Y. The fourth-order valence-corrected chi connectivity index (χ4v) is 0. The molecule has 0 saturated heterocycles. The smallest absolute Gasteiger partial charge is 0 e. The van der Waals surface area contributed by atoms with Gasteiger partial charge in [-0.3, -0.25) is 0 Å². The van der Waals surface area contributed by atoms with E-state index in [1.54, 1.807) is 0 Å². The molecule has 0 N–H and O–H groups in total. The van der Waals surface area contributed by atoms with Gasteiger partial charge in [0.25, 0.3) is 0 Å². The fraction of sp³-hybridized carbons (Fsp3) is 0. The molecule has 0 unspecified atom stereocenters. The summed E-state index contributed by atoms with van der Waals surface area (Å²) in [5, 5.41) is 0. The summed E-state index contributed by atoms with van der Waals surface area (Å²) in [7, 11) is 0. The van der Waals surface area contributed by atoms with Gasteiger partial charge in [0.15, 0.2) is 0 Å². The van der Waals surface area contributed by atoms with Gasteiger partial charge in [-0.15, -0.1) is 0 Å². The van der Waals surface area contributed by atoms with Crippen molar-refractivity contribution in [1.82, 2.24) is 0 Å². The maximum atomic E-state index is 0. The fourth-order valence-electron chi connectivity index (χ4n) is 0. The van der Waals surface area contributed by atoms with Gasteiger partial charge in [0, 0.05) is 589 Å². The molecule has 0 spiro atoms. The zero-order chi connectivity index (χ0) is 0. The van der Waals surface area contributed by atoms with Crippen LogP contribution in [0.1, 0.15) is 0 Å². The molecule has 0 atom stereocenters. The summed E-state index contributed by atoms with van der Waals surface area (Å²) in [6.07, 6.45) is 0. The first-order chi connectivity index (χ1) is 0. The van der Waals surface area contributed by atoms with E-state index in [1.807, 2.05) is 0 Å². The van der Waals surface area contributed by atoms with E-state index in [0.717, 1.165) is 0 Å². The minimum absolute atomic E-state index is 0. The first-order valence-corrected chi connectivity index (χ1v) is 0. The van der Waals surface area contributed by atoms with Gasteiger partial charge >= 0.3 is 0 Å². The molecule has 0 bridgehead atoms. The molecule has 0 amide bonds. The van der Waals surface area contributed by atoms with Crippen molar-refractivity contribution in [1.29, 1.82) is 0 Å². The molecule has 0 saturated carbocycles. The average Bonchev–Trinajstić information content (AvgIpc) is 0. The Morgan fingerprint density at radius 2 is 0.0556 bits per heavy atom. The molecule has 0 rings (SSSR count). The Hall–Kier alpha value is 19.9. The van der Waals surface area contributed by atoms with Crippen molar-refractivity contribution < 1.29 is 589 Å². The molecule has 0 nitrogen and oxygen atoms in total. The van der Waals surface area contributed by atoms with Crippen molar-refractivity contribution in [3.8, 4) is 0 Å². The van der Waals surface area contributed by atoms with E-state index in [4.69, 9.17) is 0 Å². The summed E-state index contributed by atoms with van der Waals surface area (Å²) < 4.78 is 0. The van der Waals surface area contributed by atoms with E-state index in [0.29, 0.717) is 0 Å². The normalized spacial score (nSPS) is 0. The molecule has 18 heteroatoms.